The molecule has 0 N–H and O–H groups in total. The number of esters is 1. The summed E-state index contributed by atoms with van der Waals surface area (Å²) in [6.07, 6.45) is 2.88. The highest BCUT2D eigenvalue weighted by Crippen LogP contribution is 1.74. The molecule has 2 heteroatoms. The van der Waals surface area contributed by atoms with Gasteiger partial charge in [0.15, 0.2) is 0 Å². The summed E-state index contributed by atoms with van der Waals surface area (Å²) in [5.41, 5.74) is 2.59. The first-order chi connectivity index (χ1) is 3.77. The maximum atomic E-state index is 10.0. The van der Waals surface area contributed by atoms with Crippen molar-refractivity contribution in [2.24, 2.45) is 0 Å². The molecule has 0 bridgehead atoms. The fraction of sp³-hybridized carbons (Fsp3) is 0.333. The summed E-state index contributed by atoms with van der Waals surface area (Å²) in [7, 11) is 0. The number of carbonyl (C=O) groups excluding carboxylic acids is 1. The number of rotatable bonds is 1. The highest BCUT2D eigenvalue weighted by molar-refractivity contribution is 5.66. The molecular weight excluding hydrogens is 104 g/mol. The highest BCUT2D eigenvalue weighted by Gasteiger charge is 1.80. The van der Waals surface area contributed by atoms with E-state index in [0.717, 1.165) is 0 Å². The van der Waals surface area contributed by atoms with Crippen LogP contribution in [0, 0.1) is 0 Å². The maximum absolute atomic E-state index is 10.0. The van der Waals surface area contributed by atoms with Crippen molar-refractivity contribution in [1.82, 2.24) is 0 Å². The summed E-state index contributed by atoms with van der Waals surface area (Å²) in [5.74, 6) is -0.320. The van der Waals surface area contributed by atoms with Crippen LogP contribution in [0.25, 0.3) is 0 Å². The lowest BCUT2D eigenvalue weighted by Gasteiger charge is -1.83. The van der Waals surface area contributed by atoms with Crippen LogP contribution in [-0.2, 0) is 9.53 Å². The summed E-state index contributed by atoms with van der Waals surface area (Å²) in [5, 5.41) is 0. The monoisotopic (exact) mass is 112 g/mol. The van der Waals surface area contributed by atoms with Crippen LogP contribution >= 0.6 is 0 Å². The highest BCUT2D eigenvalue weighted by atomic mass is 16.5. The average Bonchev–Trinajstić information content (AvgIpc) is 1.66. The molecule has 0 rings (SSSR count). The molecule has 0 saturated carbocycles. The molecule has 0 aliphatic carbocycles. The van der Waals surface area contributed by atoms with E-state index in [1.54, 1.807) is 13.0 Å². The van der Waals surface area contributed by atoms with Gasteiger partial charge in [0.05, 0.1) is 0 Å². The third-order valence-electron chi connectivity index (χ3n) is 0.460. The zero-order valence-corrected chi connectivity index (χ0v) is 4.97. The van der Waals surface area contributed by atoms with Crippen LogP contribution in [0.3, 0.4) is 0 Å². The first-order valence-electron chi connectivity index (χ1n) is 2.30. The molecule has 0 heterocycles. The van der Waals surface area contributed by atoms with Crippen LogP contribution in [-0.4, -0.2) is 5.97 Å². The largest absolute Gasteiger partial charge is 0.426 e. The van der Waals surface area contributed by atoms with E-state index in [1.807, 2.05) is 0 Å². The van der Waals surface area contributed by atoms with Gasteiger partial charge in [0.1, 0.15) is 6.26 Å². The van der Waals surface area contributed by atoms with Crippen molar-refractivity contribution in [1.29, 1.82) is 0 Å². The number of hydrogen-bond donors (Lipinski definition) is 0. The van der Waals surface area contributed by atoms with Crippen molar-refractivity contribution in [2.45, 2.75) is 13.8 Å². The Balaban J connectivity index is 3.45. The molecule has 2 nitrogen and oxygen atoms in total. The standard InChI is InChI=1S/C6H8O2/c1-3-4-5-8-6(2)7/h3,5H,1-2H3. The van der Waals surface area contributed by atoms with Gasteiger partial charge in [-0.1, -0.05) is 5.73 Å². The van der Waals surface area contributed by atoms with Crippen LogP contribution < -0.4 is 0 Å². The Bertz CT molecular complexity index is 129. The minimum atomic E-state index is -0.320. The van der Waals surface area contributed by atoms with Gasteiger partial charge < -0.3 is 4.74 Å². The van der Waals surface area contributed by atoms with E-state index in [1.165, 1.54) is 13.2 Å². The van der Waals surface area contributed by atoms with Gasteiger partial charge in [-0.15, -0.1) is 0 Å². The Labute approximate surface area is 48.5 Å². The van der Waals surface area contributed by atoms with E-state index in [-0.39, 0.29) is 5.97 Å². The van der Waals surface area contributed by atoms with Crippen molar-refractivity contribution >= 4 is 5.97 Å². The predicted octanol–water partition coefficient (Wildman–Crippen LogP) is 1.24. The summed E-state index contributed by atoms with van der Waals surface area (Å²) in [6, 6.07) is 0. The second kappa shape index (κ2) is 4.16. The van der Waals surface area contributed by atoms with Gasteiger partial charge in [0.25, 0.3) is 0 Å². The summed E-state index contributed by atoms with van der Waals surface area (Å²) < 4.78 is 4.38. The number of hydrogen-bond acceptors (Lipinski definition) is 2. The third kappa shape index (κ3) is 4.99. The van der Waals surface area contributed by atoms with Crippen LogP contribution in [0.4, 0.5) is 0 Å². The molecule has 0 unspecified atom stereocenters. The van der Waals surface area contributed by atoms with Crippen molar-refractivity contribution in [3.05, 3.63) is 18.1 Å². The Morgan fingerprint density at radius 2 is 2.38 bits per heavy atom. The van der Waals surface area contributed by atoms with E-state index >= 15 is 0 Å². The molecule has 0 fully saturated rings. The number of ether oxygens (including phenoxy) is 1. The zero-order chi connectivity index (χ0) is 6.41. The molecule has 0 amide bonds. The third-order valence-corrected chi connectivity index (χ3v) is 0.460. The second-order valence-corrected chi connectivity index (χ2v) is 1.18. The summed E-state index contributed by atoms with van der Waals surface area (Å²) >= 11 is 0. The van der Waals surface area contributed by atoms with Crippen LogP contribution in [0.2, 0.25) is 0 Å². The lowest BCUT2D eigenvalue weighted by atomic mass is 10.7. The quantitative estimate of drug-likeness (QED) is 0.290. The summed E-state index contributed by atoms with van der Waals surface area (Å²) in [4.78, 5) is 10.0. The molecule has 0 aromatic rings. The maximum Gasteiger partial charge on any atom is 0.308 e. The van der Waals surface area contributed by atoms with Gasteiger partial charge in [-0.2, -0.15) is 0 Å². The first-order valence-corrected chi connectivity index (χ1v) is 2.30. The molecule has 0 aliphatic rings. The van der Waals surface area contributed by atoms with E-state index in [0.29, 0.717) is 0 Å². The summed E-state index contributed by atoms with van der Waals surface area (Å²) in [6.45, 7) is 3.13. The van der Waals surface area contributed by atoms with Crippen LogP contribution in [0.5, 0.6) is 0 Å². The van der Waals surface area contributed by atoms with Gasteiger partial charge >= 0.3 is 5.97 Å². The molecule has 0 aromatic heterocycles. The fourth-order valence-corrected chi connectivity index (χ4v) is 0.185. The van der Waals surface area contributed by atoms with Crippen molar-refractivity contribution in [2.75, 3.05) is 0 Å². The average molecular weight is 112 g/mol. The molecule has 0 saturated heterocycles. The van der Waals surface area contributed by atoms with Gasteiger partial charge in [-0.25, -0.2) is 0 Å². The molecule has 44 valence electrons. The number of allylic oxidation sites excluding steroid dienone is 1. The molecule has 0 aromatic carbocycles. The van der Waals surface area contributed by atoms with Gasteiger partial charge in [-0.05, 0) is 13.0 Å². The Kier molecular flexibility index (Phi) is 3.63. The molecule has 8 heavy (non-hydrogen) atoms. The molecular formula is C6H8O2. The molecule has 0 aliphatic heterocycles. The zero-order valence-electron chi connectivity index (χ0n) is 4.97. The molecule has 0 radical (unpaired) electrons. The van der Waals surface area contributed by atoms with Crippen LogP contribution in [0.1, 0.15) is 13.8 Å². The smallest absolute Gasteiger partial charge is 0.308 e. The Morgan fingerprint density at radius 3 is 2.75 bits per heavy atom. The van der Waals surface area contributed by atoms with Crippen molar-refractivity contribution in [3.63, 3.8) is 0 Å². The fourth-order valence-electron chi connectivity index (χ4n) is 0.185. The molecule has 0 spiro atoms. The normalized spacial score (nSPS) is 6.75. The SMILES string of the molecule is CC=C=COC(C)=O. The Morgan fingerprint density at radius 1 is 1.75 bits per heavy atom. The lowest BCUT2D eigenvalue weighted by Crippen LogP contribution is -1.87. The van der Waals surface area contributed by atoms with E-state index in [2.05, 4.69) is 10.5 Å². The number of carbonyl (C=O) groups is 1. The van der Waals surface area contributed by atoms with E-state index in [4.69, 9.17) is 0 Å². The minimum Gasteiger partial charge on any atom is -0.426 e. The molecule has 0 atom stereocenters. The first kappa shape index (κ1) is 6.99. The second-order valence-electron chi connectivity index (χ2n) is 1.18. The lowest BCUT2D eigenvalue weighted by molar-refractivity contribution is -0.135. The Hall–Kier alpha value is -1.01. The van der Waals surface area contributed by atoms with Crippen molar-refractivity contribution < 1.29 is 9.53 Å². The topological polar surface area (TPSA) is 26.3 Å². The van der Waals surface area contributed by atoms with Crippen LogP contribution in [0.15, 0.2) is 18.1 Å². The van der Waals surface area contributed by atoms with E-state index in [9.17, 15) is 4.79 Å². The van der Waals surface area contributed by atoms with E-state index < -0.39 is 0 Å². The minimum absolute atomic E-state index is 0.320. The van der Waals surface area contributed by atoms with Crippen molar-refractivity contribution in [3.8, 4) is 0 Å². The van der Waals surface area contributed by atoms with Gasteiger partial charge in [0.2, 0.25) is 0 Å². The van der Waals surface area contributed by atoms with Gasteiger partial charge in [-0.3, -0.25) is 4.79 Å². The van der Waals surface area contributed by atoms with Gasteiger partial charge in [0, 0.05) is 6.92 Å². The predicted molar refractivity (Wildman–Crippen MR) is 30.1 cm³/mol.